The highest BCUT2D eigenvalue weighted by Crippen LogP contribution is 2.25. The van der Waals surface area contributed by atoms with Gasteiger partial charge in [0.25, 0.3) is 0 Å². The van der Waals surface area contributed by atoms with Crippen molar-refractivity contribution < 1.29 is 19.1 Å². The summed E-state index contributed by atoms with van der Waals surface area (Å²) in [6, 6.07) is -0.610. The van der Waals surface area contributed by atoms with Gasteiger partial charge in [0.15, 0.2) is 6.04 Å². The van der Waals surface area contributed by atoms with Gasteiger partial charge in [-0.1, -0.05) is 0 Å². The highest BCUT2D eigenvalue weighted by Gasteiger charge is 2.43. The Morgan fingerprint density at radius 3 is 2.87 bits per heavy atom. The summed E-state index contributed by atoms with van der Waals surface area (Å²) in [6.45, 7) is 2.53. The molecule has 0 spiro atoms. The second-order valence-electron chi connectivity index (χ2n) is 5.73. The van der Waals surface area contributed by atoms with Crippen molar-refractivity contribution in [2.24, 2.45) is 0 Å². The number of esters is 1. The van der Waals surface area contributed by atoms with Gasteiger partial charge in [0.1, 0.15) is 6.61 Å². The van der Waals surface area contributed by atoms with Crippen LogP contribution in [-0.4, -0.2) is 70.9 Å². The number of halogens is 1. The van der Waals surface area contributed by atoms with Gasteiger partial charge >= 0.3 is 12.1 Å². The fraction of sp³-hybridized carbons (Fsp3) is 0.643. The molecule has 1 amide bonds. The molecule has 2 aliphatic rings. The van der Waals surface area contributed by atoms with Gasteiger partial charge in [0.05, 0.1) is 23.5 Å². The van der Waals surface area contributed by atoms with Crippen LogP contribution in [0.3, 0.4) is 0 Å². The van der Waals surface area contributed by atoms with Crippen LogP contribution < -0.4 is 0 Å². The van der Waals surface area contributed by atoms with E-state index >= 15 is 0 Å². The summed E-state index contributed by atoms with van der Waals surface area (Å²) in [5.74, 6) is -0.417. The van der Waals surface area contributed by atoms with Gasteiger partial charge in [-0.15, -0.1) is 0 Å². The number of H-pyrrole nitrogens is 1. The first-order valence-electron chi connectivity index (χ1n) is 7.53. The molecule has 0 aliphatic carbocycles. The number of rotatable bonds is 4. The van der Waals surface area contributed by atoms with Crippen LogP contribution in [0.1, 0.15) is 18.5 Å². The quantitative estimate of drug-likeness (QED) is 0.780. The first kappa shape index (κ1) is 16.3. The number of hydrogen-bond donors (Lipinski definition) is 1. The summed E-state index contributed by atoms with van der Waals surface area (Å²) in [5.41, 5.74) is 1.04. The van der Waals surface area contributed by atoms with Crippen LogP contribution in [0.5, 0.6) is 0 Å². The third-order valence-electron chi connectivity index (χ3n) is 4.38. The summed E-state index contributed by atoms with van der Waals surface area (Å²) in [4.78, 5) is 27.6. The SMILES string of the molecule is COC(=O)C1COC(=O)N1C1CCN(Cc2[nH]ncc2Br)CC1. The maximum absolute atomic E-state index is 11.9. The number of carbonyl (C=O) groups excluding carboxylic acids is 2. The van der Waals surface area contributed by atoms with Crippen LogP contribution in [-0.2, 0) is 20.8 Å². The molecule has 0 saturated carbocycles. The fourth-order valence-corrected chi connectivity index (χ4v) is 3.46. The van der Waals surface area contributed by atoms with Crippen LogP contribution >= 0.6 is 15.9 Å². The summed E-state index contributed by atoms with van der Waals surface area (Å²) in [5, 5.41) is 6.97. The molecule has 0 bridgehead atoms. The zero-order chi connectivity index (χ0) is 16.4. The molecule has 1 aromatic rings. The summed E-state index contributed by atoms with van der Waals surface area (Å²) in [7, 11) is 1.33. The number of ether oxygens (including phenoxy) is 2. The number of methoxy groups -OCH3 is 1. The molecule has 126 valence electrons. The number of aromatic nitrogens is 2. The highest BCUT2D eigenvalue weighted by molar-refractivity contribution is 9.10. The number of carbonyl (C=O) groups is 2. The Labute approximate surface area is 142 Å². The molecule has 2 fully saturated rings. The average molecular weight is 387 g/mol. The minimum absolute atomic E-state index is 0.00978. The molecule has 1 unspecified atom stereocenters. The first-order chi connectivity index (χ1) is 11.1. The predicted molar refractivity (Wildman–Crippen MR) is 83.6 cm³/mol. The zero-order valence-corrected chi connectivity index (χ0v) is 14.4. The maximum atomic E-state index is 11.9. The molecule has 1 atom stereocenters. The standard InChI is InChI=1S/C14H19BrN4O4/c1-22-13(20)12-8-23-14(21)19(12)9-2-4-18(5-3-9)7-11-10(15)6-16-17-11/h6,9,12H,2-5,7-8H2,1H3,(H,16,17). The lowest BCUT2D eigenvalue weighted by Gasteiger charge is -2.36. The van der Waals surface area contributed by atoms with Gasteiger partial charge in [0, 0.05) is 25.7 Å². The van der Waals surface area contributed by atoms with E-state index < -0.39 is 18.1 Å². The van der Waals surface area contributed by atoms with Crippen LogP contribution in [0.25, 0.3) is 0 Å². The number of amides is 1. The molecule has 2 saturated heterocycles. The summed E-state index contributed by atoms with van der Waals surface area (Å²) in [6.07, 6.45) is 2.92. The molecule has 2 aliphatic heterocycles. The van der Waals surface area contributed by atoms with Crippen molar-refractivity contribution in [1.82, 2.24) is 20.0 Å². The van der Waals surface area contributed by atoms with Gasteiger partial charge < -0.3 is 9.47 Å². The fourth-order valence-electron chi connectivity index (χ4n) is 3.14. The number of likely N-dealkylation sites (tertiary alicyclic amines) is 1. The smallest absolute Gasteiger partial charge is 0.410 e. The lowest BCUT2D eigenvalue weighted by Crippen LogP contribution is -2.51. The molecule has 9 heteroatoms. The second-order valence-corrected chi connectivity index (χ2v) is 6.58. The largest absolute Gasteiger partial charge is 0.467 e. The number of nitrogens with zero attached hydrogens (tertiary/aromatic N) is 3. The Hall–Kier alpha value is -1.61. The molecular formula is C14H19BrN4O4. The Kier molecular flexibility index (Phi) is 4.86. The number of hydrogen-bond acceptors (Lipinski definition) is 6. The molecule has 0 aromatic carbocycles. The van der Waals surface area contributed by atoms with Crippen molar-refractivity contribution in [1.29, 1.82) is 0 Å². The molecule has 3 heterocycles. The van der Waals surface area contributed by atoms with Gasteiger partial charge in [-0.05, 0) is 28.8 Å². The first-order valence-corrected chi connectivity index (χ1v) is 8.32. The molecule has 23 heavy (non-hydrogen) atoms. The molecule has 8 nitrogen and oxygen atoms in total. The van der Waals surface area contributed by atoms with E-state index in [9.17, 15) is 9.59 Å². The molecule has 1 N–H and O–H groups in total. The van der Waals surface area contributed by atoms with Gasteiger partial charge in [0.2, 0.25) is 0 Å². The van der Waals surface area contributed by atoms with E-state index in [1.807, 2.05) is 0 Å². The van der Waals surface area contributed by atoms with E-state index in [-0.39, 0.29) is 12.6 Å². The van der Waals surface area contributed by atoms with E-state index in [4.69, 9.17) is 9.47 Å². The maximum Gasteiger partial charge on any atom is 0.410 e. The molecule has 1 aromatic heterocycles. The van der Waals surface area contributed by atoms with Crippen molar-refractivity contribution in [3.05, 3.63) is 16.4 Å². The molecule has 3 rings (SSSR count). The topological polar surface area (TPSA) is 87.8 Å². The monoisotopic (exact) mass is 386 g/mol. The van der Waals surface area contributed by atoms with Crippen molar-refractivity contribution >= 4 is 28.0 Å². The number of aromatic amines is 1. The number of nitrogens with one attached hydrogen (secondary N) is 1. The van der Waals surface area contributed by atoms with Gasteiger partial charge in [-0.2, -0.15) is 5.10 Å². The Morgan fingerprint density at radius 2 is 2.26 bits per heavy atom. The van der Waals surface area contributed by atoms with Crippen molar-refractivity contribution in [3.8, 4) is 0 Å². The van der Waals surface area contributed by atoms with E-state index in [1.54, 1.807) is 11.1 Å². The number of piperidine rings is 1. The Morgan fingerprint density at radius 1 is 1.52 bits per heavy atom. The van der Waals surface area contributed by atoms with Crippen LogP contribution in [0.15, 0.2) is 10.7 Å². The summed E-state index contributed by atoms with van der Waals surface area (Å²) >= 11 is 3.46. The minimum atomic E-state index is -0.620. The molecular weight excluding hydrogens is 368 g/mol. The lowest BCUT2D eigenvalue weighted by molar-refractivity contribution is -0.146. The normalized spacial score (nSPS) is 23.1. The zero-order valence-electron chi connectivity index (χ0n) is 12.8. The van der Waals surface area contributed by atoms with E-state index in [2.05, 4.69) is 31.0 Å². The number of cyclic esters (lactones) is 1. The van der Waals surface area contributed by atoms with Crippen molar-refractivity contribution in [2.75, 3.05) is 26.8 Å². The minimum Gasteiger partial charge on any atom is -0.467 e. The van der Waals surface area contributed by atoms with Crippen molar-refractivity contribution in [3.63, 3.8) is 0 Å². The Bertz CT molecular complexity index is 585. The van der Waals surface area contributed by atoms with Gasteiger partial charge in [-0.3, -0.25) is 14.9 Å². The van der Waals surface area contributed by atoms with Crippen molar-refractivity contribution in [2.45, 2.75) is 31.5 Å². The van der Waals surface area contributed by atoms with E-state index in [0.29, 0.717) is 0 Å². The third-order valence-corrected chi connectivity index (χ3v) is 5.07. The van der Waals surface area contributed by atoms with Crippen LogP contribution in [0.4, 0.5) is 4.79 Å². The van der Waals surface area contributed by atoms with Crippen LogP contribution in [0, 0.1) is 0 Å². The van der Waals surface area contributed by atoms with E-state index in [0.717, 1.165) is 42.6 Å². The van der Waals surface area contributed by atoms with Crippen LogP contribution in [0.2, 0.25) is 0 Å². The third kappa shape index (κ3) is 3.35. The van der Waals surface area contributed by atoms with E-state index in [1.165, 1.54) is 7.11 Å². The Balaban J connectivity index is 1.58. The lowest BCUT2D eigenvalue weighted by atomic mass is 10.0. The molecule has 0 radical (unpaired) electrons. The summed E-state index contributed by atoms with van der Waals surface area (Å²) < 4.78 is 10.8. The second kappa shape index (κ2) is 6.88. The average Bonchev–Trinajstić information content (AvgIpc) is 3.14. The highest BCUT2D eigenvalue weighted by atomic mass is 79.9. The predicted octanol–water partition coefficient (Wildman–Crippen LogP) is 1.13. The van der Waals surface area contributed by atoms with Gasteiger partial charge in [-0.25, -0.2) is 9.59 Å².